The molecule has 0 spiro atoms. The van der Waals surface area contributed by atoms with Crippen LogP contribution in [0.2, 0.25) is 0 Å². The van der Waals surface area contributed by atoms with Crippen LogP contribution in [0.1, 0.15) is 28.0 Å². The zero-order chi connectivity index (χ0) is 28.3. The summed E-state index contributed by atoms with van der Waals surface area (Å²) < 4.78 is 53.6. The second kappa shape index (κ2) is 11.3. The molecule has 0 amide bonds. The van der Waals surface area contributed by atoms with Crippen molar-refractivity contribution in [2.75, 3.05) is 0 Å². The molecule has 8 heteroatoms. The van der Waals surface area contributed by atoms with E-state index in [0.29, 0.717) is 13.1 Å². The molecule has 5 nitrogen and oxygen atoms in total. The number of fused-ring (bicyclic) bond motifs is 1. The predicted molar refractivity (Wildman–Crippen MR) is 146 cm³/mol. The highest BCUT2D eigenvalue weighted by molar-refractivity contribution is 5.83. The van der Waals surface area contributed by atoms with Crippen LogP contribution in [-0.4, -0.2) is 10.0 Å². The minimum Gasteiger partial charge on any atom is -0.507 e. The molecule has 1 heterocycles. The molecule has 0 unspecified atom stereocenters. The SMILES string of the molecule is Cc1cccc(Oc2c(C(F)(F)F)oc3c(CN(Cc4ccccc4)Cc4ccccc4)c(O)ccc3c2=O)c1. The highest BCUT2D eigenvalue weighted by atomic mass is 19.4. The van der Waals surface area contributed by atoms with Crippen molar-refractivity contribution < 1.29 is 27.4 Å². The van der Waals surface area contributed by atoms with Crippen molar-refractivity contribution in [3.05, 3.63) is 135 Å². The lowest BCUT2D eigenvalue weighted by Gasteiger charge is -2.24. The molecular formula is C32H26F3NO4. The van der Waals surface area contributed by atoms with E-state index >= 15 is 0 Å². The Balaban J connectivity index is 1.62. The van der Waals surface area contributed by atoms with Crippen LogP contribution in [0, 0.1) is 6.92 Å². The van der Waals surface area contributed by atoms with Gasteiger partial charge in [0.15, 0.2) is 0 Å². The van der Waals surface area contributed by atoms with Crippen molar-refractivity contribution in [1.29, 1.82) is 0 Å². The number of phenols is 1. The number of ether oxygens (including phenoxy) is 1. The molecule has 40 heavy (non-hydrogen) atoms. The van der Waals surface area contributed by atoms with Gasteiger partial charge in [0.2, 0.25) is 11.2 Å². The lowest BCUT2D eigenvalue weighted by Crippen LogP contribution is -2.23. The molecule has 1 aromatic heterocycles. The van der Waals surface area contributed by atoms with Gasteiger partial charge in [0.1, 0.15) is 17.1 Å². The van der Waals surface area contributed by atoms with Gasteiger partial charge in [0.05, 0.1) is 10.9 Å². The Morgan fingerprint density at radius 2 is 1.45 bits per heavy atom. The third kappa shape index (κ3) is 6.02. The fourth-order valence-electron chi connectivity index (χ4n) is 4.59. The maximum absolute atomic E-state index is 14.2. The number of alkyl halides is 3. The number of halogens is 3. The number of aromatic hydroxyl groups is 1. The summed E-state index contributed by atoms with van der Waals surface area (Å²) in [5, 5.41) is 10.7. The number of aryl methyl sites for hydroxylation is 1. The monoisotopic (exact) mass is 545 g/mol. The fraction of sp³-hybridized carbons (Fsp3) is 0.156. The number of phenolic OH excluding ortho intramolecular Hbond substituents is 1. The van der Waals surface area contributed by atoms with E-state index in [1.807, 2.05) is 65.6 Å². The summed E-state index contributed by atoms with van der Waals surface area (Å²) in [6.07, 6.45) is -5.02. The molecule has 204 valence electrons. The first-order valence-electron chi connectivity index (χ1n) is 12.6. The van der Waals surface area contributed by atoms with E-state index in [0.717, 1.165) is 16.7 Å². The maximum Gasteiger partial charge on any atom is 0.453 e. The molecule has 0 fully saturated rings. The Morgan fingerprint density at radius 3 is 2.02 bits per heavy atom. The fourth-order valence-corrected chi connectivity index (χ4v) is 4.59. The van der Waals surface area contributed by atoms with E-state index < -0.39 is 23.1 Å². The molecule has 0 saturated heterocycles. The highest BCUT2D eigenvalue weighted by Crippen LogP contribution is 2.40. The van der Waals surface area contributed by atoms with Gasteiger partial charge in [-0.05, 0) is 47.9 Å². The van der Waals surface area contributed by atoms with Crippen molar-refractivity contribution in [3.8, 4) is 17.2 Å². The van der Waals surface area contributed by atoms with Gasteiger partial charge in [-0.3, -0.25) is 9.69 Å². The highest BCUT2D eigenvalue weighted by Gasteiger charge is 2.41. The Bertz CT molecular complexity index is 1640. The van der Waals surface area contributed by atoms with Crippen LogP contribution < -0.4 is 10.2 Å². The topological polar surface area (TPSA) is 62.9 Å². The van der Waals surface area contributed by atoms with Gasteiger partial charge in [-0.2, -0.15) is 13.2 Å². The van der Waals surface area contributed by atoms with Gasteiger partial charge in [-0.1, -0.05) is 72.8 Å². The summed E-state index contributed by atoms with van der Waals surface area (Å²) in [7, 11) is 0. The molecule has 0 atom stereocenters. The lowest BCUT2D eigenvalue weighted by molar-refractivity contribution is -0.154. The van der Waals surface area contributed by atoms with Crippen LogP contribution in [0.25, 0.3) is 11.0 Å². The van der Waals surface area contributed by atoms with Gasteiger partial charge in [-0.25, -0.2) is 0 Å². The van der Waals surface area contributed by atoms with Crippen LogP contribution in [0.4, 0.5) is 13.2 Å². The Morgan fingerprint density at radius 1 is 0.825 bits per heavy atom. The summed E-state index contributed by atoms with van der Waals surface area (Å²) in [5.74, 6) is -2.71. The number of nitrogens with zero attached hydrogens (tertiary/aromatic N) is 1. The van der Waals surface area contributed by atoms with E-state index in [1.165, 1.54) is 24.3 Å². The van der Waals surface area contributed by atoms with Crippen LogP contribution in [0.5, 0.6) is 17.2 Å². The quantitative estimate of drug-likeness (QED) is 0.215. The van der Waals surface area contributed by atoms with Crippen molar-refractivity contribution in [2.45, 2.75) is 32.7 Å². The molecule has 5 rings (SSSR count). The Hall–Kier alpha value is -4.56. The van der Waals surface area contributed by atoms with E-state index in [2.05, 4.69) is 0 Å². The van der Waals surface area contributed by atoms with Crippen molar-refractivity contribution in [1.82, 2.24) is 4.90 Å². The van der Waals surface area contributed by atoms with E-state index in [9.17, 15) is 23.1 Å². The summed E-state index contributed by atoms with van der Waals surface area (Å²) in [4.78, 5) is 15.4. The summed E-state index contributed by atoms with van der Waals surface area (Å²) >= 11 is 0. The third-order valence-corrected chi connectivity index (χ3v) is 6.44. The first kappa shape index (κ1) is 27.0. The lowest BCUT2D eigenvalue weighted by atomic mass is 10.1. The van der Waals surface area contributed by atoms with Crippen LogP contribution >= 0.6 is 0 Å². The zero-order valence-electron chi connectivity index (χ0n) is 21.6. The van der Waals surface area contributed by atoms with Gasteiger partial charge in [0, 0.05) is 19.6 Å². The summed E-state index contributed by atoms with van der Waals surface area (Å²) in [6, 6.07) is 28.1. The normalized spacial score (nSPS) is 11.7. The Labute approximate surface area is 228 Å². The zero-order valence-corrected chi connectivity index (χ0v) is 21.6. The molecule has 0 aliphatic carbocycles. The van der Waals surface area contributed by atoms with Gasteiger partial charge in [0.25, 0.3) is 5.76 Å². The average Bonchev–Trinajstić information content (AvgIpc) is 2.92. The first-order chi connectivity index (χ1) is 19.2. The van der Waals surface area contributed by atoms with Crippen molar-refractivity contribution in [3.63, 3.8) is 0 Å². The summed E-state index contributed by atoms with van der Waals surface area (Å²) in [6.45, 7) is 2.66. The maximum atomic E-state index is 14.2. The van der Waals surface area contributed by atoms with Crippen LogP contribution in [0.15, 0.2) is 106 Å². The molecular weight excluding hydrogens is 519 g/mol. The number of hydrogen-bond acceptors (Lipinski definition) is 5. The summed E-state index contributed by atoms with van der Waals surface area (Å²) in [5.41, 5.74) is 1.47. The second-order valence-electron chi connectivity index (χ2n) is 9.56. The molecule has 0 aliphatic rings. The average molecular weight is 546 g/mol. The van der Waals surface area contributed by atoms with E-state index in [4.69, 9.17) is 9.15 Å². The number of rotatable bonds is 8. The van der Waals surface area contributed by atoms with E-state index in [-0.39, 0.29) is 34.6 Å². The molecule has 5 aromatic rings. The van der Waals surface area contributed by atoms with Crippen molar-refractivity contribution in [2.24, 2.45) is 0 Å². The molecule has 1 N–H and O–H groups in total. The minimum absolute atomic E-state index is 0.0191. The molecule has 0 bridgehead atoms. The van der Waals surface area contributed by atoms with Gasteiger partial charge in [-0.15, -0.1) is 0 Å². The van der Waals surface area contributed by atoms with Gasteiger partial charge >= 0.3 is 6.18 Å². The predicted octanol–water partition coefficient (Wildman–Crippen LogP) is 7.82. The largest absolute Gasteiger partial charge is 0.507 e. The molecule has 0 radical (unpaired) electrons. The standard InChI is InChI=1S/C32H26F3NO4/c1-21-9-8-14-24(17-21)39-30-28(38)25-15-16-27(37)26(29(25)40-31(30)32(33,34)35)20-36(18-22-10-4-2-5-11-22)19-23-12-6-3-7-13-23/h2-17,37H,18-20H2,1H3. The molecule has 4 aromatic carbocycles. The minimum atomic E-state index is -5.02. The number of benzene rings is 4. The van der Waals surface area contributed by atoms with Crippen LogP contribution in [-0.2, 0) is 25.8 Å². The second-order valence-corrected chi connectivity index (χ2v) is 9.56. The Kier molecular flexibility index (Phi) is 7.62. The third-order valence-electron chi connectivity index (χ3n) is 6.44. The first-order valence-corrected chi connectivity index (χ1v) is 12.6. The molecule has 0 aliphatic heterocycles. The number of hydrogen-bond donors (Lipinski definition) is 1. The molecule has 0 saturated carbocycles. The van der Waals surface area contributed by atoms with Crippen LogP contribution in [0.3, 0.4) is 0 Å². The van der Waals surface area contributed by atoms with Crippen molar-refractivity contribution >= 4 is 11.0 Å². The smallest absolute Gasteiger partial charge is 0.453 e. The van der Waals surface area contributed by atoms with Gasteiger partial charge < -0.3 is 14.3 Å². The van der Waals surface area contributed by atoms with E-state index in [1.54, 1.807) is 19.1 Å².